The molecule has 2 atom stereocenters. The van der Waals surface area contributed by atoms with Crippen LogP contribution in [0, 0.1) is 5.82 Å². The molecule has 0 unspecified atom stereocenters. The lowest BCUT2D eigenvalue weighted by Gasteiger charge is -2.32. The lowest BCUT2D eigenvalue weighted by atomic mass is 9.91. The normalized spacial score (nSPS) is 18.2. The highest BCUT2D eigenvalue weighted by Crippen LogP contribution is 2.44. The average molecular weight is 777 g/mol. The Kier molecular flexibility index (Phi) is 11.0. The van der Waals surface area contributed by atoms with Crippen LogP contribution in [0.4, 0.5) is 9.18 Å². The molecule has 0 spiro atoms. The SMILES string of the molecule is COc1cc(-c2cccc(-c3cccc(-c4nc(OC)c(CN(C[C@@H]5CCC(=O)N5)C(=O)O)cc4F)c3Cl)c2Cl)cc2c1CN(C[C@@H]1CCC(=O)N1)CC2. The van der Waals surface area contributed by atoms with E-state index in [1.54, 1.807) is 19.2 Å². The van der Waals surface area contributed by atoms with E-state index >= 15 is 4.39 Å². The van der Waals surface area contributed by atoms with Crippen LogP contribution in [0.2, 0.25) is 10.0 Å². The van der Waals surface area contributed by atoms with Crippen LogP contribution in [0.25, 0.3) is 33.5 Å². The molecule has 1 aromatic heterocycles. The van der Waals surface area contributed by atoms with Crippen LogP contribution in [0.3, 0.4) is 0 Å². The van der Waals surface area contributed by atoms with Crippen molar-refractivity contribution in [3.05, 3.63) is 87.2 Å². The van der Waals surface area contributed by atoms with Gasteiger partial charge in [-0.3, -0.25) is 14.5 Å². The molecule has 4 aromatic rings. The van der Waals surface area contributed by atoms with Crippen LogP contribution in [0.5, 0.6) is 11.6 Å². The fourth-order valence-corrected chi connectivity index (χ4v) is 8.33. The number of hydrogen-bond acceptors (Lipinski definition) is 7. The second-order valence-corrected chi connectivity index (χ2v) is 14.6. The lowest BCUT2D eigenvalue weighted by Crippen LogP contribution is -2.41. The predicted molar refractivity (Wildman–Crippen MR) is 203 cm³/mol. The van der Waals surface area contributed by atoms with Crippen molar-refractivity contribution in [1.82, 2.24) is 25.4 Å². The molecule has 282 valence electrons. The van der Waals surface area contributed by atoms with E-state index in [0.29, 0.717) is 41.0 Å². The molecule has 3 aliphatic rings. The van der Waals surface area contributed by atoms with Crippen molar-refractivity contribution in [1.29, 1.82) is 0 Å². The van der Waals surface area contributed by atoms with Gasteiger partial charge in [-0.1, -0.05) is 65.7 Å². The van der Waals surface area contributed by atoms with Gasteiger partial charge in [-0.2, -0.15) is 0 Å². The van der Waals surface area contributed by atoms with Gasteiger partial charge in [0.05, 0.1) is 30.8 Å². The van der Waals surface area contributed by atoms with Crippen molar-refractivity contribution in [2.45, 2.75) is 57.3 Å². The number of pyridine rings is 1. The van der Waals surface area contributed by atoms with E-state index in [4.69, 9.17) is 32.7 Å². The molecule has 0 radical (unpaired) electrons. The van der Waals surface area contributed by atoms with Gasteiger partial charge in [0, 0.05) is 84.5 Å². The highest BCUT2D eigenvalue weighted by atomic mass is 35.5. The lowest BCUT2D eigenvalue weighted by molar-refractivity contribution is -0.120. The monoisotopic (exact) mass is 775 g/mol. The number of benzene rings is 3. The molecule has 0 aliphatic carbocycles. The summed E-state index contributed by atoms with van der Waals surface area (Å²) >= 11 is 14.2. The molecule has 3 aliphatic heterocycles. The number of nitrogens with one attached hydrogen (secondary N) is 2. The van der Waals surface area contributed by atoms with Crippen LogP contribution in [0.1, 0.15) is 42.4 Å². The number of nitrogens with zero attached hydrogens (tertiary/aromatic N) is 3. The van der Waals surface area contributed by atoms with E-state index in [2.05, 4.69) is 26.6 Å². The van der Waals surface area contributed by atoms with E-state index in [-0.39, 0.29) is 59.1 Å². The molecule has 0 saturated carbocycles. The summed E-state index contributed by atoms with van der Waals surface area (Å²) in [5, 5.41) is 16.4. The quantitative estimate of drug-likeness (QED) is 0.149. The maximum atomic E-state index is 15.9. The van der Waals surface area contributed by atoms with Gasteiger partial charge in [0.2, 0.25) is 17.7 Å². The standard InChI is InChI=1S/C40H40Cl2FN5O6/c1-53-33-17-23(15-22-13-14-47(21-31(22)33)19-25-9-11-34(49)44-25)27-5-3-6-28(36(27)41)29-7-4-8-30(37(29)42)38-32(43)16-24(39(46-38)54-2)18-48(40(51)52)20-26-10-12-35(50)45-26/h3-8,15-17,25-26H,9-14,18-21H2,1-2H3,(H,44,49)(H,45,50)(H,51,52)/t25-,26-/m0/s1. The third-order valence-electron chi connectivity index (χ3n) is 10.4. The number of rotatable bonds is 11. The van der Waals surface area contributed by atoms with Crippen LogP contribution >= 0.6 is 23.2 Å². The largest absolute Gasteiger partial charge is 0.496 e. The zero-order valence-electron chi connectivity index (χ0n) is 29.9. The molecule has 7 rings (SSSR count). The first-order valence-corrected chi connectivity index (χ1v) is 18.6. The van der Waals surface area contributed by atoms with Crippen LogP contribution in [0.15, 0.2) is 54.6 Å². The third-order valence-corrected chi connectivity index (χ3v) is 11.2. The van der Waals surface area contributed by atoms with Crippen LogP contribution < -0.4 is 20.1 Å². The summed E-state index contributed by atoms with van der Waals surface area (Å²) in [6, 6.07) is 16.1. The van der Waals surface area contributed by atoms with Crippen molar-refractivity contribution in [3.8, 4) is 45.1 Å². The Bertz CT molecular complexity index is 2120. The summed E-state index contributed by atoms with van der Waals surface area (Å²) in [6.07, 6.45) is 1.87. The maximum Gasteiger partial charge on any atom is 0.407 e. The molecule has 0 bridgehead atoms. The first-order chi connectivity index (χ1) is 26.0. The zero-order valence-corrected chi connectivity index (χ0v) is 31.4. The Balaban J connectivity index is 1.17. The summed E-state index contributed by atoms with van der Waals surface area (Å²) in [7, 11) is 3.04. The highest BCUT2D eigenvalue weighted by molar-refractivity contribution is 6.39. The summed E-state index contributed by atoms with van der Waals surface area (Å²) in [5.74, 6) is 0.0775. The van der Waals surface area contributed by atoms with Crippen molar-refractivity contribution >= 4 is 41.1 Å². The van der Waals surface area contributed by atoms with Crippen LogP contribution in [-0.4, -0.2) is 83.7 Å². The molecule has 54 heavy (non-hydrogen) atoms. The van der Waals surface area contributed by atoms with Crippen molar-refractivity contribution in [3.63, 3.8) is 0 Å². The van der Waals surface area contributed by atoms with Gasteiger partial charge in [0.25, 0.3) is 0 Å². The van der Waals surface area contributed by atoms with Crippen LogP contribution in [-0.2, 0) is 29.1 Å². The second-order valence-electron chi connectivity index (χ2n) is 13.9. The molecule has 3 N–H and O–H groups in total. The molecule has 14 heteroatoms. The molecule has 2 fully saturated rings. The second kappa shape index (κ2) is 15.8. The van der Waals surface area contributed by atoms with Gasteiger partial charge in [-0.15, -0.1) is 0 Å². The van der Waals surface area contributed by atoms with E-state index in [1.165, 1.54) is 18.7 Å². The van der Waals surface area contributed by atoms with Gasteiger partial charge >= 0.3 is 6.09 Å². The number of fused-ring (bicyclic) bond motifs is 1. The molecule has 2 saturated heterocycles. The summed E-state index contributed by atoms with van der Waals surface area (Å²) in [4.78, 5) is 43.4. The summed E-state index contributed by atoms with van der Waals surface area (Å²) in [6.45, 7) is 2.22. The minimum Gasteiger partial charge on any atom is -0.496 e. The minimum absolute atomic E-state index is 0.0422. The third kappa shape index (κ3) is 7.69. The predicted octanol–water partition coefficient (Wildman–Crippen LogP) is 6.94. The molecule has 4 heterocycles. The topological polar surface area (TPSA) is 133 Å². The number of aromatic nitrogens is 1. The number of carboxylic acid groups (broad SMARTS) is 1. The Hall–Kier alpha value is -4.91. The van der Waals surface area contributed by atoms with Gasteiger partial charge in [0.1, 0.15) is 17.3 Å². The Labute approximate surface area is 322 Å². The Morgan fingerprint density at radius 2 is 1.57 bits per heavy atom. The molecular weight excluding hydrogens is 736 g/mol. The molecule has 3 amide bonds. The van der Waals surface area contributed by atoms with E-state index in [0.717, 1.165) is 59.8 Å². The number of carbonyl (C=O) groups excluding carboxylic acids is 2. The highest BCUT2D eigenvalue weighted by Gasteiger charge is 2.29. The first-order valence-electron chi connectivity index (χ1n) is 17.8. The first kappa shape index (κ1) is 37.4. The molecular formula is C40H40Cl2FN5O6. The number of ether oxygens (including phenoxy) is 2. The number of carbonyl (C=O) groups is 3. The Morgan fingerprint density at radius 1 is 0.926 bits per heavy atom. The van der Waals surface area contributed by atoms with Gasteiger partial charge in [0.15, 0.2) is 0 Å². The van der Waals surface area contributed by atoms with E-state index < -0.39 is 11.9 Å². The van der Waals surface area contributed by atoms with E-state index in [1.807, 2.05) is 30.3 Å². The van der Waals surface area contributed by atoms with Crippen molar-refractivity contribution in [2.75, 3.05) is 33.9 Å². The number of halogens is 3. The van der Waals surface area contributed by atoms with Gasteiger partial charge in [-0.25, -0.2) is 14.2 Å². The number of amides is 3. The van der Waals surface area contributed by atoms with E-state index in [9.17, 15) is 19.5 Å². The van der Waals surface area contributed by atoms with Gasteiger partial charge < -0.3 is 30.1 Å². The summed E-state index contributed by atoms with van der Waals surface area (Å²) in [5.41, 5.74) is 5.64. The number of hydrogen-bond donors (Lipinski definition) is 3. The fourth-order valence-electron chi connectivity index (χ4n) is 7.68. The van der Waals surface area contributed by atoms with Crippen molar-refractivity contribution in [2.24, 2.45) is 0 Å². The maximum absolute atomic E-state index is 15.9. The zero-order chi connectivity index (χ0) is 38.1. The molecule has 11 nitrogen and oxygen atoms in total. The number of methoxy groups -OCH3 is 2. The molecule has 3 aromatic carbocycles. The summed E-state index contributed by atoms with van der Waals surface area (Å²) < 4.78 is 27.3. The van der Waals surface area contributed by atoms with Gasteiger partial charge in [-0.05, 0) is 42.5 Å². The van der Waals surface area contributed by atoms with Crippen molar-refractivity contribution < 1.29 is 33.4 Å². The average Bonchev–Trinajstić information content (AvgIpc) is 3.77. The minimum atomic E-state index is -1.22. The fraction of sp³-hybridized carbons (Fsp3) is 0.350. The Morgan fingerprint density at radius 3 is 2.20 bits per heavy atom. The smallest absolute Gasteiger partial charge is 0.407 e.